The van der Waals surface area contributed by atoms with Crippen molar-refractivity contribution in [2.24, 2.45) is 5.92 Å². The summed E-state index contributed by atoms with van der Waals surface area (Å²) in [5, 5.41) is 6.31. The molecule has 2 aliphatic rings. The third-order valence-electron chi connectivity index (χ3n) is 5.10. The van der Waals surface area contributed by atoms with Crippen LogP contribution in [0.2, 0.25) is 0 Å². The van der Waals surface area contributed by atoms with Gasteiger partial charge in [-0.15, -0.1) is 0 Å². The summed E-state index contributed by atoms with van der Waals surface area (Å²) in [4.78, 5) is 26.2. The van der Waals surface area contributed by atoms with E-state index in [2.05, 4.69) is 22.8 Å². The first-order chi connectivity index (χ1) is 12.2. The van der Waals surface area contributed by atoms with Crippen LogP contribution in [-0.4, -0.2) is 48.9 Å². The minimum absolute atomic E-state index is 0.0782. The highest BCUT2D eigenvalue weighted by Gasteiger charge is 2.24. The molecule has 1 aliphatic heterocycles. The summed E-state index contributed by atoms with van der Waals surface area (Å²) in [5.41, 5.74) is 1.21. The molecule has 136 valence electrons. The van der Waals surface area contributed by atoms with E-state index in [9.17, 15) is 9.59 Å². The molecule has 0 unspecified atom stereocenters. The van der Waals surface area contributed by atoms with E-state index < -0.39 is 0 Å². The summed E-state index contributed by atoms with van der Waals surface area (Å²) in [5.74, 6) is 1.09. The average Bonchev–Trinajstić information content (AvgIpc) is 3.45. The first-order valence-electron chi connectivity index (χ1n) is 9.52. The fraction of sp³-hybridized carbons (Fsp3) is 0.600. The molecule has 1 aromatic rings. The highest BCUT2D eigenvalue weighted by molar-refractivity contribution is 5.78. The first-order valence-corrected chi connectivity index (χ1v) is 9.52. The number of aryl methyl sites for hydroxylation is 1. The second-order valence-electron chi connectivity index (χ2n) is 7.28. The Hall–Kier alpha value is -1.88. The van der Waals surface area contributed by atoms with Crippen molar-refractivity contribution < 1.29 is 9.59 Å². The van der Waals surface area contributed by atoms with E-state index >= 15 is 0 Å². The topological polar surface area (TPSA) is 61.4 Å². The highest BCUT2D eigenvalue weighted by Crippen LogP contribution is 2.27. The van der Waals surface area contributed by atoms with Gasteiger partial charge in [0.2, 0.25) is 11.8 Å². The van der Waals surface area contributed by atoms with Crippen molar-refractivity contribution >= 4 is 11.8 Å². The van der Waals surface area contributed by atoms with Crippen molar-refractivity contribution in [2.75, 3.05) is 26.2 Å². The molecule has 25 heavy (non-hydrogen) atoms. The van der Waals surface area contributed by atoms with Crippen LogP contribution in [-0.2, 0) is 16.0 Å². The molecule has 0 aromatic heterocycles. The van der Waals surface area contributed by atoms with Crippen LogP contribution in [0.3, 0.4) is 0 Å². The van der Waals surface area contributed by atoms with Crippen LogP contribution >= 0.6 is 0 Å². The minimum atomic E-state index is 0.0782. The van der Waals surface area contributed by atoms with Crippen molar-refractivity contribution in [3.05, 3.63) is 35.9 Å². The van der Waals surface area contributed by atoms with Crippen molar-refractivity contribution in [3.63, 3.8) is 0 Å². The number of hydrogen-bond donors (Lipinski definition) is 2. The normalized spacial score (nSPS) is 18.2. The Morgan fingerprint density at radius 1 is 1.04 bits per heavy atom. The van der Waals surface area contributed by atoms with Gasteiger partial charge in [0.15, 0.2) is 0 Å². The predicted octanol–water partition coefficient (Wildman–Crippen LogP) is 1.73. The Morgan fingerprint density at radius 2 is 1.76 bits per heavy atom. The fourth-order valence-corrected chi connectivity index (χ4v) is 3.32. The molecule has 0 spiro atoms. The number of carbonyl (C=O) groups excluding carboxylic acids is 2. The fourth-order valence-electron chi connectivity index (χ4n) is 3.32. The maximum absolute atomic E-state index is 12.3. The molecule has 1 saturated heterocycles. The predicted molar refractivity (Wildman–Crippen MR) is 98.1 cm³/mol. The Balaban J connectivity index is 1.30. The molecule has 5 nitrogen and oxygen atoms in total. The molecule has 0 radical (unpaired) electrons. The molecule has 0 atom stereocenters. The smallest absolute Gasteiger partial charge is 0.234 e. The average molecular weight is 343 g/mol. The van der Waals surface area contributed by atoms with E-state index in [1.54, 1.807) is 0 Å². The number of benzene rings is 1. The standard InChI is InChI=1S/C20H29N3O2/c24-19(15-21-14-17-6-7-17)22-18-10-12-23(13-11-18)20(25)9-8-16-4-2-1-3-5-16/h1-5,17-18,21H,6-15H2,(H,22,24). The summed E-state index contributed by atoms with van der Waals surface area (Å²) in [6.45, 7) is 2.86. The molecule has 0 bridgehead atoms. The van der Waals surface area contributed by atoms with Crippen LogP contribution in [0.1, 0.15) is 37.7 Å². The first kappa shape index (κ1) is 17.9. The lowest BCUT2D eigenvalue weighted by Crippen LogP contribution is -2.48. The number of nitrogens with one attached hydrogen (secondary N) is 2. The van der Waals surface area contributed by atoms with Gasteiger partial charge in [-0.1, -0.05) is 30.3 Å². The summed E-state index contributed by atoms with van der Waals surface area (Å²) in [6.07, 6.45) is 5.66. The molecular formula is C20H29N3O2. The molecule has 1 saturated carbocycles. The van der Waals surface area contributed by atoms with Gasteiger partial charge in [0.1, 0.15) is 0 Å². The molecule has 1 aromatic carbocycles. The van der Waals surface area contributed by atoms with E-state index in [0.717, 1.165) is 44.8 Å². The van der Waals surface area contributed by atoms with E-state index in [4.69, 9.17) is 0 Å². The molecule has 2 N–H and O–H groups in total. The molecule has 1 heterocycles. The Bertz CT molecular complexity index is 564. The molecule has 2 fully saturated rings. The number of piperidine rings is 1. The zero-order chi connectivity index (χ0) is 17.5. The third kappa shape index (κ3) is 6.16. The number of likely N-dealkylation sites (tertiary alicyclic amines) is 1. The maximum Gasteiger partial charge on any atom is 0.234 e. The Kier molecular flexibility index (Phi) is 6.45. The summed E-state index contributed by atoms with van der Waals surface area (Å²) >= 11 is 0. The van der Waals surface area contributed by atoms with E-state index in [1.165, 1.54) is 18.4 Å². The highest BCUT2D eigenvalue weighted by atomic mass is 16.2. The lowest BCUT2D eigenvalue weighted by atomic mass is 10.0. The van der Waals surface area contributed by atoms with Gasteiger partial charge in [0.25, 0.3) is 0 Å². The van der Waals surface area contributed by atoms with Crippen LogP contribution in [0, 0.1) is 5.92 Å². The lowest BCUT2D eigenvalue weighted by molar-refractivity contribution is -0.132. The van der Waals surface area contributed by atoms with Crippen molar-refractivity contribution in [1.29, 1.82) is 0 Å². The third-order valence-corrected chi connectivity index (χ3v) is 5.10. The van der Waals surface area contributed by atoms with Crippen LogP contribution in [0.5, 0.6) is 0 Å². The van der Waals surface area contributed by atoms with E-state index in [-0.39, 0.29) is 17.9 Å². The molecule has 5 heteroatoms. The van der Waals surface area contributed by atoms with Crippen molar-refractivity contribution in [1.82, 2.24) is 15.5 Å². The van der Waals surface area contributed by atoms with Gasteiger partial charge in [-0.25, -0.2) is 0 Å². The minimum Gasteiger partial charge on any atom is -0.352 e. The summed E-state index contributed by atoms with van der Waals surface area (Å²) in [7, 11) is 0. The molecule has 3 rings (SSSR count). The number of amides is 2. The second-order valence-corrected chi connectivity index (χ2v) is 7.28. The Morgan fingerprint density at radius 3 is 2.44 bits per heavy atom. The largest absolute Gasteiger partial charge is 0.352 e. The van der Waals surface area contributed by atoms with E-state index in [0.29, 0.717) is 13.0 Å². The Labute approximate surface area is 150 Å². The van der Waals surface area contributed by atoms with Gasteiger partial charge in [-0.05, 0) is 50.1 Å². The quantitative estimate of drug-likeness (QED) is 0.756. The molecule has 2 amide bonds. The number of nitrogens with zero attached hydrogens (tertiary/aromatic N) is 1. The molecule has 1 aliphatic carbocycles. The second kappa shape index (κ2) is 8.99. The summed E-state index contributed by atoms with van der Waals surface area (Å²) < 4.78 is 0. The maximum atomic E-state index is 12.3. The summed E-state index contributed by atoms with van der Waals surface area (Å²) in [6, 6.07) is 10.3. The number of rotatable bonds is 8. The van der Waals surface area contributed by atoms with Crippen LogP contribution in [0.15, 0.2) is 30.3 Å². The lowest BCUT2D eigenvalue weighted by Gasteiger charge is -2.32. The van der Waals surface area contributed by atoms with Gasteiger partial charge in [-0.3, -0.25) is 9.59 Å². The monoisotopic (exact) mass is 343 g/mol. The molecular weight excluding hydrogens is 314 g/mol. The zero-order valence-electron chi connectivity index (χ0n) is 14.9. The number of hydrogen-bond acceptors (Lipinski definition) is 3. The van der Waals surface area contributed by atoms with Gasteiger partial charge in [-0.2, -0.15) is 0 Å². The van der Waals surface area contributed by atoms with Crippen LogP contribution in [0.25, 0.3) is 0 Å². The van der Waals surface area contributed by atoms with Crippen molar-refractivity contribution in [3.8, 4) is 0 Å². The van der Waals surface area contributed by atoms with E-state index in [1.807, 2.05) is 23.1 Å². The van der Waals surface area contributed by atoms with Crippen LogP contribution < -0.4 is 10.6 Å². The number of carbonyl (C=O) groups is 2. The van der Waals surface area contributed by atoms with Crippen LogP contribution in [0.4, 0.5) is 0 Å². The van der Waals surface area contributed by atoms with Gasteiger partial charge in [0.05, 0.1) is 6.54 Å². The van der Waals surface area contributed by atoms with Crippen molar-refractivity contribution in [2.45, 2.75) is 44.6 Å². The van der Waals surface area contributed by atoms with Gasteiger partial charge < -0.3 is 15.5 Å². The van der Waals surface area contributed by atoms with Gasteiger partial charge in [0, 0.05) is 25.6 Å². The van der Waals surface area contributed by atoms with Gasteiger partial charge >= 0.3 is 0 Å². The SMILES string of the molecule is O=C(CNCC1CC1)NC1CCN(C(=O)CCc2ccccc2)CC1. The zero-order valence-corrected chi connectivity index (χ0v) is 14.9.